The van der Waals surface area contributed by atoms with Crippen molar-refractivity contribution >= 4 is 27.8 Å². The largest absolute Gasteiger partial charge is 0.480 e. The summed E-state index contributed by atoms with van der Waals surface area (Å²) in [6.07, 6.45) is 1.26. The van der Waals surface area contributed by atoms with Gasteiger partial charge in [0, 0.05) is 17.2 Å². The quantitative estimate of drug-likeness (QED) is 0.533. The van der Waals surface area contributed by atoms with Gasteiger partial charge in [-0.15, -0.1) is 0 Å². The minimum Gasteiger partial charge on any atom is -0.480 e. The van der Waals surface area contributed by atoms with Gasteiger partial charge in [0.2, 0.25) is 0 Å². The van der Waals surface area contributed by atoms with E-state index in [2.05, 4.69) is 26.6 Å². The van der Waals surface area contributed by atoms with Gasteiger partial charge in [-0.1, -0.05) is 28.1 Å². The first kappa shape index (κ1) is 15.7. The van der Waals surface area contributed by atoms with Crippen LogP contribution >= 0.6 is 15.9 Å². The summed E-state index contributed by atoms with van der Waals surface area (Å²) in [5, 5.41) is 22.2. The number of hydrogen-bond donors (Lipinski definition) is 3. The highest BCUT2D eigenvalue weighted by atomic mass is 79.9. The number of carboxylic acids is 1. The number of hydrogen-bond acceptors (Lipinski definition) is 4. The molecule has 0 saturated heterocycles. The Morgan fingerprint density at radius 3 is 2.80 bits per heavy atom. The molecule has 20 heavy (non-hydrogen) atoms. The second-order valence-electron chi connectivity index (χ2n) is 3.76. The normalized spacial score (nSPS) is 10.5. The van der Waals surface area contributed by atoms with Crippen LogP contribution in [0.15, 0.2) is 40.5 Å². The monoisotopic (exact) mass is 337 g/mol. The first-order valence-corrected chi connectivity index (χ1v) is 6.40. The summed E-state index contributed by atoms with van der Waals surface area (Å²) in [7, 11) is 0. The van der Waals surface area contributed by atoms with Crippen LogP contribution in [0, 0.1) is 11.3 Å². The summed E-state index contributed by atoms with van der Waals surface area (Å²) in [4.78, 5) is 21.8. The van der Waals surface area contributed by atoms with Crippen molar-refractivity contribution in [2.45, 2.75) is 6.54 Å². The first-order chi connectivity index (χ1) is 9.52. The van der Waals surface area contributed by atoms with E-state index in [0.29, 0.717) is 6.54 Å². The number of carbonyl (C=O) groups is 2. The molecule has 0 fully saturated rings. The summed E-state index contributed by atoms with van der Waals surface area (Å²) in [6.45, 7) is -0.0830. The van der Waals surface area contributed by atoms with Crippen LogP contribution in [-0.2, 0) is 16.1 Å². The van der Waals surface area contributed by atoms with Crippen molar-refractivity contribution in [2.75, 3.05) is 6.54 Å². The molecule has 1 aromatic carbocycles. The first-order valence-electron chi connectivity index (χ1n) is 5.61. The summed E-state index contributed by atoms with van der Waals surface area (Å²) in [5.41, 5.74) is 0.792. The van der Waals surface area contributed by atoms with Gasteiger partial charge >= 0.3 is 5.97 Å². The Hall–Kier alpha value is -2.33. The number of carbonyl (C=O) groups excluding carboxylic acids is 1. The van der Waals surface area contributed by atoms with Crippen molar-refractivity contribution in [2.24, 2.45) is 0 Å². The molecule has 0 spiro atoms. The Bertz CT molecular complexity index is 578. The lowest BCUT2D eigenvalue weighted by Crippen LogP contribution is -2.30. The lowest BCUT2D eigenvalue weighted by molar-refractivity contribution is -0.137. The predicted octanol–water partition coefficient (Wildman–Crippen LogP) is 1.15. The summed E-state index contributed by atoms with van der Waals surface area (Å²) >= 11 is 3.34. The van der Waals surface area contributed by atoms with Crippen LogP contribution in [0.1, 0.15) is 5.56 Å². The molecule has 0 aliphatic carbocycles. The molecule has 0 radical (unpaired) electrons. The van der Waals surface area contributed by atoms with Crippen LogP contribution in [0.2, 0.25) is 0 Å². The van der Waals surface area contributed by atoms with Crippen LogP contribution in [-0.4, -0.2) is 23.5 Å². The molecule has 0 heterocycles. The molecule has 0 unspecified atom stereocenters. The summed E-state index contributed by atoms with van der Waals surface area (Å²) in [6, 6.07) is 9.26. The fourth-order valence-electron chi connectivity index (χ4n) is 1.32. The Balaban J connectivity index is 2.56. The van der Waals surface area contributed by atoms with Crippen LogP contribution < -0.4 is 10.6 Å². The van der Waals surface area contributed by atoms with Crippen LogP contribution in [0.5, 0.6) is 0 Å². The van der Waals surface area contributed by atoms with Gasteiger partial charge < -0.3 is 15.7 Å². The third kappa shape index (κ3) is 5.54. The van der Waals surface area contributed by atoms with Gasteiger partial charge in [-0.25, -0.2) is 0 Å². The highest BCUT2D eigenvalue weighted by molar-refractivity contribution is 9.10. The average Bonchev–Trinajstić information content (AvgIpc) is 2.41. The predicted molar refractivity (Wildman–Crippen MR) is 75.3 cm³/mol. The Labute approximate surface area is 124 Å². The smallest absolute Gasteiger partial charge is 0.322 e. The van der Waals surface area contributed by atoms with Gasteiger partial charge in [0.15, 0.2) is 0 Å². The third-order valence-electron chi connectivity index (χ3n) is 2.21. The molecular weight excluding hydrogens is 326 g/mol. The van der Waals surface area contributed by atoms with Crippen LogP contribution in [0.25, 0.3) is 0 Å². The molecule has 1 aromatic rings. The molecule has 0 aromatic heterocycles. The Morgan fingerprint density at radius 2 is 2.20 bits per heavy atom. The topological polar surface area (TPSA) is 102 Å². The van der Waals surface area contributed by atoms with Gasteiger partial charge in [-0.05, 0) is 17.7 Å². The summed E-state index contributed by atoms with van der Waals surface area (Å²) in [5.74, 6) is -1.89. The van der Waals surface area contributed by atoms with E-state index in [1.807, 2.05) is 24.3 Å². The molecular formula is C13H12BrN3O3. The van der Waals surface area contributed by atoms with E-state index >= 15 is 0 Å². The molecule has 1 amide bonds. The number of halogens is 1. The molecule has 104 valence electrons. The second-order valence-corrected chi connectivity index (χ2v) is 4.67. The van der Waals surface area contributed by atoms with Crippen molar-refractivity contribution in [1.82, 2.24) is 10.6 Å². The van der Waals surface area contributed by atoms with Gasteiger partial charge in [0.1, 0.15) is 18.2 Å². The van der Waals surface area contributed by atoms with Gasteiger partial charge in [-0.2, -0.15) is 5.26 Å². The van der Waals surface area contributed by atoms with E-state index in [1.165, 1.54) is 6.20 Å². The van der Waals surface area contributed by atoms with E-state index in [0.717, 1.165) is 10.0 Å². The number of nitriles is 1. The molecule has 0 atom stereocenters. The van der Waals surface area contributed by atoms with Crippen molar-refractivity contribution in [3.05, 3.63) is 46.1 Å². The van der Waals surface area contributed by atoms with Crippen molar-refractivity contribution in [3.8, 4) is 6.07 Å². The summed E-state index contributed by atoms with van der Waals surface area (Å²) < 4.78 is 0.931. The minimum atomic E-state index is -1.17. The van der Waals surface area contributed by atoms with Gasteiger partial charge in [0.05, 0.1) is 0 Å². The fourth-order valence-corrected chi connectivity index (χ4v) is 1.76. The van der Waals surface area contributed by atoms with Crippen molar-refractivity contribution < 1.29 is 14.7 Å². The molecule has 0 aliphatic heterocycles. The average molecular weight is 338 g/mol. The Kier molecular flexibility index (Phi) is 6.26. The number of nitrogens with zero attached hydrogens (tertiary/aromatic N) is 1. The maximum Gasteiger partial charge on any atom is 0.322 e. The molecule has 0 aliphatic rings. The second kappa shape index (κ2) is 7.96. The number of nitrogens with one attached hydrogen (secondary N) is 2. The fraction of sp³-hybridized carbons (Fsp3) is 0.154. The maximum atomic E-state index is 11.5. The van der Waals surface area contributed by atoms with Crippen LogP contribution in [0.3, 0.4) is 0 Å². The van der Waals surface area contributed by atoms with Gasteiger partial charge in [0.25, 0.3) is 5.91 Å². The standard InChI is InChI=1S/C13H12BrN3O3/c14-11-3-1-2-9(4-11)6-16-7-10(5-15)13(20)17-8-12(18)19/h1-4,7,16H,6,8H2,(H,17,20)(H,18,19)/b10-7-. The number of aliphatic carboxylic acids is 1. The van der Waals surface area contributed by atoms with Crippen molar-refractivity contribution in [1.29, 1.82) is 5.26 Å². The van der Waals surface area contributed by atoms with E-state index < -0.39 is 18.4 Å². The zero-order chi connectivity index (χ0) is 15.0. The van der Waals surface area contributed by atoms with Crippen LogP contribution in [0.4, 0.5) is 0 Å². The van der Waals surface area contributed by atoms with E-state index in [1.54, 1.807) is 6.07 Å². The third-order valence-corrected chi connectivity index (χ3v) is 2.70. The number of amides is 1. The number of rotatable bonds is 6. The lowest BCUT2D eigenvalue weighted by atomic mass is 10.2. The lowest BCUT2D eigenvalue weighted by Gasteiger charge is -2.04. The van der Waals surface area contributed by atoms with E-state index in [4.69, 9.17) is 10.4 Å². The maximum absolute atomic E-state index is 11.5. The SMILES string of the molecule is N#C/C(=C/NCc1cccc(Br)c1)C(=O)NCC(=O)O. The molecule has 0 bridgehead atoms. The number of carboxylic acid groups (broad SMARTS) is 1. The highest BCUT2D eigenvalue weighted by Crippen LogP contribution is 2.11. The zero-order valence-corrected chi connectivity index (χ0v) is 12.0. The molecule has 3 N–H and O–H groups in total. The van der Waals surface area contributed by atoms with E-state index in [9.17, 15) is 9.59 Å². The molecule has 1 rings (SSSR count). The highest BCUT2D eigenvalue weighted by Gasteiger charge is 2.09. The van der Waals surface area contributed by atoms with E-state index in [-0.39, 0.29) is 5.57 Å². The number of benzene rings is 1. The molecule has 0 saturated carbocycles. The molecule has 6 nitrogen and oxygen atoms in total. The van der Waals surface area contributed by atoms with Crippen molar-refractivity contribution in [3.63, 3.8) is 0 Å². The zero-order valence-electron chi connectivity index (χ0n) is 10.4. The minimum absolute atomic E-state index is 0.179. The van der Waals surface area contributed by atoms with Gasteiger partial charge in [-0.3, -0.25) is 9.59 Å². The Morgan fingerprint density at radius 1 is 1.45 bits per heavy atom. The molecule has 7 heteroatoms.